The van der Waals surface area contributed by atoms with Crippen LogP contribution in [0.4, 0.5) is 0 Å². The molecule has 0 bridgehead atoms. The maximum Gasteiger partial charge on any atom is 0.692 e. The molecule has 0 fully saturated rings. The Balaban J connectivity index is 0. The van der Waals surface area contributed by atoms with Crippen molar-refractivity contribution in [2.75, 3.05) is 0 Å². The van der Waals surface area contributed by atoms with Gasteiger partial charge in [-0.3, -0.25) is 0 Å². The number of rotatable bonds is 2. The Morgan fingerprint density at radius 3 is 1.50 bits per heavy atom. The zero-order valence-corrected chi connectivity index (χ0v) is 7.21. The molecule has 0 aliphatic heterocycles. The van der Waals surface area contributed by atoms with E-state index in [4.69, 9.17) is 14.4 Å². The SMILES string of the molecule is CCC=CCC.O=[P+](O)O. The van der Waals surface area contributed by atoms with Gasteiger partial charge in [0, 0.05) is 4.57 Å². The lowest BCUT2D eigenvalue weighted by Gasteiger charge is -1.72. The van der Waals surface area contributed by atoms with Crippen LogP contribution in [0.1, 0.15) is 26.7 Å². The Kier molecular flexibility index (Phi) is 14.4. The maximum absolute atomic E-state index is 8.70. The minimum atomic E-state index is -2.87. The highest BCUT2D eigenvalue weighted by Gasteiger charge is 1.93. The van der Waals surface area contributed by atoms with Crippen LogP contribution in [0.25, 0.3) is 0 Å². The molecule has 0 aliphatic rings. The van der Waals surface area contributed by atoms with Gasteiger partial charge >= 0.3 is 8.25 Å². The molecule has 0 saturated carbocycles. The van der Waals surface area contributed by atoms with Crippen LogP contribution in [0.15, 0.2) is 12.2 Å². The summed E-state index contributed by atoms with van der Waals surface area (Å²) in [7, 11) is -2.87. The van der Waals surface area contributed by atoms with Crippen LogP contribution in [-0.4, -0.2) is 9.79 Å². The zero-order chi connectivity index (χ0) is 8.41. The van der Waals surface area contributed by atoms with Gasteiger partial charge in [0.1, 0.15) is 0 Å². The van der Waals surface area contributed by atoms with Crippen LogP contribution in [0.3, 0.4) is 0 Å². The Morgan fingerprint density at radius 1 is 1.20 bits per heavy atom. The van der Waals surface area contributed by atoms with Gasteiger partial charge in [0.2, 0.25) is 0 Å². The second-order valence-electron chi connectivity index (χ2n) is 1.54. The highest BCUT2D eigenvalue weighted by molar-refractivity contribution is 7.30. The topological polar surface area (TPSA) is 57.5 Å². The van der Waals surface area contributed by atoms with Crippen LogP contribution >= 0.6 is 8.25 Å². The maximum atomic E-state index is 8.70. The van der Waals surface area contributed by atoms with E-state index in [2.05, 4.69) is 26.0 Å². The molecule has 0 unspecified atom stereocenters. The minimum absolute atomic E-state index is 1.17. The summed E-state index contributed by atoms with van der Waals surface area (Å²) in [5, 5.41) is 0. The van der Waals surface area contributed by atoms with Crippen molar-refractivity contribution in [3.05, 3.63) is 12.2 Å². The second kappa shape index (κ2) is 11.5. The summed E-state index contributed by atoms with van der Waals surface area (Å²) in [6, 6.07) is 0. The van der Waals surface area contributed by atoms with E-state index < -0.39 is 8.25 Å². The van der Waals surface area contributed by atoms with Gasteiger partial charge in [-0.05, 0) is 12.8 Å². The fraction of sp³-hybridized carbons (Fsp3) is 0.667. The molecular weight excluding hydrogens is 151 g/mol. The first-order valence-electron chi connectivity index (χ1n) is 3.15. The quantitative estimate of drug-likeness (QED) is 0.486. The van der Waals surface area contributed by atoms with Crippen molar-refractivity contribution in [3.8, 4) is 0 Å². The van der Waals surface area contributed by atoms with E-state index in [0.29, 0.717) is 0 Å². The van der Waals surface area contributed by atoms with Gasteiger partial charge in [0.15, 0.2) is 0 Å². The second-order valence-corrected chi connectivity index (χ2v) is 2.05. The van der Waals surface area contributed by atoms with Crippen molar-refractivity contribution >= 4 is 8.25 Å². The average molecular weight is 165 g/mol. The molecule has 0 spiro atoms. The predicted octanol–water partition coefficient (Wildman–Crippen LogP) is 1.99. The summed E-state index contributed by atoms with van der Waals surface area (Å²) >= 11 is 0. The third kappa shape index (κ3) is 46.6. The first-order valence-corrected chi connectivity index (χ1v) is 4.31. The van der Waals surface area contributed by atoms with Crippen molar-refractivity contribution < 1.29 is 14.4 Å². The van der Waals surface area contributed by atoms with Gasteiger partial charge in [0.05, 0.1) is 0 Å². The predicted molar refractivity (Wildman–Crippen MR) is 41.8 cm³/mol. The minimum Gasteiger partial charge on any atom is -0.134 e. The van der Waals surface area contributed by atoms with E-state index in [1.54, 1.807) is 0 Å². The third-order valence-corrected chi connectivity index (χ3v) is 0.638. The third-order valence-electron chi connectivity index (χ3n) is 0.638. The molecule has 0 amide bonds. The molecule has 3 nitrogen and oxygen atoms in total. The normalized spacial score (nSPS) is 8.80. The molecule has 0 rings (SSSR count). The molecule has 0 aliphatic carbocycles. The smallest absolute Gasteiger partial charge is 0.134 e. The molecule has 4 heteroatoms. The van der Waals surface area contributed by atoms with Crippen LogP contribution in [0, 0.1) is 0 Å². The average Bonchev–Trinajstić information content (AvgIpc) is 1.82. The molecule has 0 atom stereocenters. The molecule has 2 N–H and O–H groups in total. The molecule has 0 aromatic rings. The van der Waals surface area contributed by atoms with Crippen LogP contribution < -0.4 is 0 Å². The lowest BCUT2D eigenvalue weighted by atomic mass is 10.4. The number of hydrogen-bond acceptors (Lipinski definition) is 1. The van der Waals surface area contributed by atoms with E-state index in [1.807, 2.05) is 0 Å². The molecule has 0 radical (unpaired) electrons. The summed E-state index contributed by atoms with van der Waals surface area (Å²) in [5.74, 6) is 0. The van der Waals surface area contributed by atoms with Crippen molar-refractivity contribution in [2.45, 2.75) is 26.7 Å². The molecule has 0 aromatic carbocycles. The first kappa shape index (κ1) is 12.4. The lowest BCUT2D eigenvalue weighted by molar-refractivity contribution is 0.405. The van der Waals surface area contributed by atoms with E-state index in [1.165, 1.54) is 12.8 Å². The fourth-order valence-electron chi connectivity index (χ4n) is 0.333. The van der Waals surface area contributed by atoms with Crippen molar-refractivity contribution in [1.29, 1.82) is 0 Å². The molecular formula is C6H14O3P+. The summed E-state index contributed by atoms with van der Waals surface area (Å²) in [4.78, 5) is 14.2. The lowest BCUT2D eigenvalue weighted by Crippen LogP contribution is -1.51. The zero-order valence-electron chi connectivity index (χ0n) is 6.32. The van der Waals surface area contributed by atoms with E-state index in [0.717, 1.165) is 0 Å². The Hall–Kier alpha value is -0.240. The monoisotopic (exact) mass is 165 g/mol. The highest BCUT2D eigenvalue weighted by atomic mass is 31.1. The summed E-state index contributed by atoms with van der Waals surface area (Å²) < 4.78 is 8.70. The summed E-state index contributed by atoms with van der Waals surface area (Å²) in [5.41, 5.74) is 0. The van der Waals surface area contributed by atoms with E-state index >= 15 is 0 Å². The first-order chi connectivity index (χ1) is 4.65. The molecule has 60 valence electrons. The molecule has 0 heterocycles. The molecule has 0 saturated heterocycles. The largest absolute Gasteiger partial charge is 0.692 e. The van der Waals surface area contributed by atoms with Gasteiger partial charge < -0.3 is 0 Å². The van der Waals surface area contributed by atoms with Gasteiger partial charge in [-0.2, -0.15) is 0 Å². The van der Waals surface area contributed by atoms with E-state index in [-0.39, 0.29) is 0 Å². The van der Waals surface area contributed by atoms with Gasteiger partial charge in [-0.15, -0.1) is 9.79 Å². The highest BCUT2D eigenvalue weighted by Crippen LogP contribution is 1.98. The summed E-state index contributed by atoms with van der Waals surface area (Å²) in [6.07, 6.45) is 6.71. The molecule has 0 aromatic heterocycles. The standard InChI is InChI=1S/C6H12.HO3P/c1-3-5-6-4-2;1-4(2)3/h5-6H,3-4H2,1-2H3;(H-,1,2,3)/p+1. The Bertz CT molecular complexity index is 91.2. The van der Waals surface area contributed by atoms with Gasteiger partial charge in [-0.25, -0.2) is 0 Å². The van der Waals surface area contributed by atoms with Crippen molar-refractivity contribution in [2.24, 2.45) is 0 Å². The Morgan fingerprint density at radius 2 is 1.40 bits per heavy atom. The van der Waals surface area contributed by atoms with Gasteiger partial charge in [-0.1, -0.05) is 26.0 Å². The summed E-state index contributed by atoms with van der Waals surface area (Å²) in [6.45, 7) is 4.29. The van der Waals surface area contributed by atoms with E-state index in [9.17, 15) is 0 Å². The molecule has 10 heavy (non-hydrogen) atoms. The number of allylic oxidation sites excluding steroid dienone is 2. The van der Waals surface area contributed by atoms with Crippen LogP contribution in [0.2, 0.25) is 0 Å². The number of hydrogen-bond donors (Lipinski definition) is 2. The van der Waals surface area contributed by atoms with Crippen LogP contribution in [0.5, 0.6) is 0 Å². The Labute approximate surface area is 62.3 Å². The van der Waals surface area contributed by atoms with Crippen molar-refractivity contribution in [3.63, 3.8) is 0 Å². The fourth-order valence-corrected chi connectivity index (χ4v) is 0.333. The van der Waals surface area contributed by atoms with Gasteiger partial charge in [0.25, 0.3) is 0 Å². The van der Waals surface area contributed by atoms with Crippen LogP contribution in [-0.2, 0) is 4.57 Å². The van der Waals surface area contributed by atoms with Crippen molar-refractivity contribution in [1.82, 2.24) is 0 Å².